The number of rotatable bonds is 4. The minimum absolute atomic E-state index is 0.152. The van der Waals surface area contributed by atoms with E-state index in [2.05, 4.69) is 22.8 Å². The van der Waals surface area contributed by atoms with Crippen LogP contribution in [0.25, 0.3) is 28.5 Å². The second-order valence-electron chi connectivity index (χ2n) is 7.57. The maximum atomic E-state index is 12.7. The van der Waals surface area contributed by atoms with Gasteiger partial charge in [0.15, 0.2) is 0 Å². The molecule has 1 aliphatic heterocycles. The standard InChI is InChI=1S/C28H20N2O2/c31-27(16-13-19-7-2-1-3-8-19)29-22-14-15-26-24(18-22)25(28(32)30-26)17-21-11-6-10-20-9-4-5-12-23(20)21/h1-18H,(H,29,31)(H,30,32)/b16-13+,25-17?. The van der Waals surface area contributed by atoms with Crippen LogP contribution in [0.15, 0.2) is 97.1 Å². The van der Waals surface area contributed by atoms with Crippen molar-refractivity contribution in [3.63, 3.8) is 0 Å². The van der Waals surface area contributed by atoms with Gasteiger partial charge in [0.1, 0.15) is 0 Å². The fourth-order valence-corrected chi connectivity index (χ4v) is 3.86. The maximum absolute atomic E-state index is 12.7. The molecule has 32 heavy (non-hydrogen) atoms. The van der Waals surface area contributed by atoms with Crippen LogP contribution in [0.3, 0.4) is 0 Å². The number of nitrogens with one attached hydrogen (secondary N) is 2. The van der Waals surface area contributed by atoms with Gasteiger partial charge in [-0.15, -0.1) is 0 Å². The second kappa shape index (κ2) is 8.36. The quantitative estimate of drug-likeness (QED) is 0.402. The van der Waals surface area contributed by atoms with E-state index in [4.69, 9.17) is 0 Å². The van der Waals surface area contributed by atoms with Crippen molar-refractivity contribution in [1.82, 2.24) is 0 Å². The summed E-state index contributed by atoms with van der Waals surface area (Å²) >= 11 is 0. The van der Waals surface area contributed by atoms with Crippen LogP contribution in [-0.4, -0.2) is 11.8 Å². The Morgan fingerprint density at radius 3 is 2.50 bits per heavy atom. The Labute approximate surface area is 185 Å². The molecule has 0 radical (unpaired) electrons. The highest BCUT2D eigenvalue weighted by atomic mass is 16.2. The molecule has 1 aliphatic rings. The molecule has 154 valence electrons. The smallest absolute Gasteiger partial charge is 0.256 e. The van der Waals surface area contributed by atoms with Crippen LogP contribution in [0.4, 0.5) is 11.4 Å². The predicted octanol–water partition coefficient (Wildman–Crippen LogP) is 5.98. The predicted molar refractivity (Wildman–Crippen MR) is 131 cm³/mol. The molecule has 4 heteroatoms. The van der Waals surface area contributed by atoms with Crippen molar-refractivity contribution in [2.75, 3.05) is 10.6 Å². The Kier molecular flexibility index (Phi) is 5.10. The van der Waals surface area contributed by atoms with Crippen molar-refractivity contribution >= 4 is 51.7 Å². The molecule has 0 saturated carbocycles. The van der Waals surface area contributed by atoms with Crippen LogP contribution in [0, 0.1) is 0 Å². The van der Waals surface area contributed by atoms with Crippen LogP contribution in [0.2, 0.25) is 0 Å². The van der Waals surface area contributed by atoms with Crippen molar-refractivity contribution in [2.45, 2.75) is 0 Å². The monoisotopic (exact) mass is 416 g/mol. The van der Waals surface area contributed by atoms with Crippen molar-refractivity contribution in [2.24, 2.45) is 0 Å². The Morgan fingerprint density at radius 2 is 1.62 bits per heavy atom. The van der Waals surface area contributed by atoms with E-state index in [1.807, 2.05) is 78.9 Å². The van der Waals surface area contributed by atoms with Crippen LogP contribution in [-0.2, 0) is 9.59 Å². The number of fused-ring (bicyclic) bond motifs is 2. The summed E-state index contributed by atoms with van der Waals surface area (Å²) in [4.78, 5) is 25.1. The highest BCUT2D eigenvalue weighted by Gasteiger charge is 2.24. The minimum Gasteiger partial charge on any atom is -0.322 e. The van der Waals surface area contributed by atoms with Crippen molar-refractivity contribution < 1.29 is 9.59 Å². The molecule has 2 N–H and O–H groups in total. The van der Waals surface area contributed by atoms with Gasteiger partial charge in [0.05, 0.1) is 0 Å². The lowest BCUT2D eigenvalue weighted by Gasteiger charge is -2.06. The zero-order valence-corrected chi connectivity index (χ0v) is 17.2. The van der Waals surface area contributed by atoms with Gasteiger partial charge >= 0.3 is 0 Å². The molecule has 0 spiro atoms. The SMILES string of the molecule is O=C(/C=C/c1ccccc1)Nc1ccc2c(c1)C(=Cc1cccc3ccccc13)C(=O)N2. The lowest BCUT2D eigenvalue weighted by molar-refractivity contribution is -0.112. The largest absolute Gasteiger partial charge is 0.322 e. The molecule has 0 unspecified atom stereocenters. The van der Waals surface area contributed by atoms with Crippen LogP contribution >= 0.6 is 0 Å². The van der Waals surface area contributed by atoms with Crippen molar-refractivity contribution in [1.29, 1.82) is 0 Å². The lowest BCUT2D eigenvalue weighted by Crippen LogP contribution is -2.07. The molecule has 0 fully saturated rings. The number of hydrogen-bond acceptors (Lipinski definition) is 2. The summed E-state index contributed by atoms with van der Waals surface area (Å²) in [6, 6.07) is 29.2. The number of benzene rings is 4. The highest BCUT2D eigenvalue weighted by molar-refractivity contribution is 6.35. The summed E-state index contributed by atoms with van der Waals surface area (Å²) in [6.45, 7) is 0. The first kappa shape index (κ1) is 19.5. The van der Waals surface area contributed by atoms with E-state index in [-0.39, 0.29) is 11.8 Å². The van der Waals surface area contributed by atoms with Gasteiger partial charge in [-0.2, -0.15) is 0 Å². The molecule has 0 aliphatic carbocycles. The van der Waals surface area contributed by atoms with Gasteiger partial charge in [-0.25, -0.2) is 0 Å². The van der Waals surface area contributed by atoms with Gasteiger partial charge in [-0.1, -0.05) is 72.8 Å². The molecule has 0 atom stereocenters. The van der Waals surface area contributed by atoms with Crippen molar-refractivity contribution in [3.05, 3.63) is 114 Å². The zero-order chi connectivity index (χ0) is 21.9. The third-order valence-electron chi connectivity index (χ3n) is 5.42. The first-order chi connectivity index (χ1) is 15.7. The van der Waals surface area contributed by atoms with Gasteiger partial charge in [0.2, 0.25) is 5.91 Å². The molecule has 4 aromatic carbocycles. The van der Waals surface area contributed by atoms with Gasteiger partial charge in [0, 0.05) is 28.6 Å². The Morgan fingerprint density at radius 1 is 0.844 bits per heavy atom. The van der Waals surface area contributed by atoms with E-state index in [1.54, 1.807) is 12.1 Å². The minimum atomic E-state index is -0.231. The van der Waals surface area contributed by atoms with Gasteiger partial charge in [-0.05, 0) is 52.3 Å². The Balaban J connectivity index is 1.44. The summed E-state index contributed by atoms with van der Waals surface area (Å²) < 4.78 is 0. The number of carbonyl (C=O) groups excluding carboxylic acids is 2. The fraction of sp³-hybridized carbons (Fsp3) is 0. The van der Waals surface area contributed by atoms with E-state index >= 15 is 0 Å². The third-order valence-corrected chi connectivity index (χ3v) is 5.42. The van der Waals surface area contributed by atoms with E-state index in [1.165, 1.54) is 6.08 Å². The molecular weight excluding hydrogens is 396 g/mol. The average Bonchev–Trinajstić information content (AvgIpc) is 3.13. The zero-order valence-electron chi connectivity index (χ0n) is 17.2. The highest BCUT2D eigenvalue weighted by Crippen LogP contribution is 2.36. The summed E-state index contributed by atoms with van der Waals surface area (Å²) in [5.74, 6) is -0.383. The van der Waals surface area contributed by atoms with E-state index in [0.717, 1.165) is 33.2 Å². The van der Waals surface area contributed by atoms with E-state index in [0.29, 0.717) is 11.3 Å². The lowest BCUT2D eigenvalue weighted by atomic mass is 9.99. The molecule has 0 saturated heterocycles. The number of carbonyl (C=O) groups is 2. The molecule has 1 heterocycles. The summed E-state index contributed by atoms with van der Waals surface area (Å²) in [5, 5.41) is 7.99. The van der Waals surface area contributed by atoms with Gasteiger partial charge in [0.25, 0.3) is 5.91 Å². The molecule has 0 aromatic heterocycles. The second-order valence-corrected chi connectivity index (χ2v) is 7.57. The van der Waals surface area contributed by atoms with Gasteiger partial charge < -0.3 is 10.6 Å². The Hall–Kier alpha value is -4.44. The molecule has 4 nitrogen and oxygen atoms in total. The van der Waals surface area contributed by atoms with Crippen LogP contribution in [0.1, 0.15) is 16.7 Å². The number of amides is 2. The normalized spacial score (nSPS) is 14.0. The molecule has 2 amide bonds. The molecule has 0 bridgehead atoms. The van der Waals surface area contributed by atoms with Gasteiger partial charge in [-0.3, -0.25) is 9.59 Å². The summed E-state index contributed by atoms with van der Waals surface area (Å²) in [7, 11) is 0. The first-order valence-corrected chi connectivity index (χ1v) is 10.4. The average molecular weight is 416 g/mol. The fourth-order valence-electron chi connectivity index (χ4n) is 3.86. The topological polar surface area (TPSA) is 58.2 Å². The van der Waals surface area contributed by atoms with Crippen molar-refractivity contribution in [3.8, 4) is 0 Å². The summed E-state index contributed by atoms with van der Waals surface area (Å²) in [5.41, 5.74) is 4.64. The summed E-state index contributed by atoms with van der Waals surface area (Å²) in [6.07, 6.45) is 5.17. The van der Waals surface area contributed by atoms with E-state index in [9.17, 15) is 9.59 Å². The Bertz CT molecular complexity index is 1400. The molecular formula is C28H20N2O2. The maximum Gasteiger partial charge on any atom is 0.256 e. The number of hydrogen-bond donors (Lipinski definition) is 2. The van der Waals surface area contributed by atoms with E-state index < -0.39 is 0 Å². The molecule has 5 rings (SSSR count). The number of anilines is 2. The molecule has 4 aromatic rings. The first-order valence-electron chi connectivity index (χ1n) is 10.4. The van der Waals surface area contributed by atoms with Crippen LogP contribution in [0.5, 0.6) is 0 Å². The third kappa shape index (κ3) is 3.94. The van der Waals surface area contributed by atoms with Crippen LogP contribution < -0.4 is 10.6 Å².